The van der Waals surface area contributed by atoms with Crippen LogP contribution in [0, 0.1) is 5.82 Å². The number of hydrogen-bond acceptors (Lipinski definition) is 3. The van der Waals surface area contributed by atoms with Crippen LogP contribution in [0.5, 0.6) is 5.75 Å². The van der Waals surface area contributed by atoms with E-state index in [1.165, 1.54) is 25.3 Å². The van der Waals surface area contributed by atoms with Crippen LogP contribution < -0.4 is 10.2 Å². The minimum atomic E-state index is -0.682. The summed E-state index contributed by atoms with van der Waals surface area (Å²) in [5.41, 5.74) is -0.529. The molecule has 1 saturated heterocycles. The molecule has 134 valence electrons. The first-order valence-electron chi connectivity index (χ1n) is 9.05. The van der Waals surface area contributed by atoms with Crippen molar-refractivity contribution < 1.29 is 18.4 Å². The lowest BCUT2D eigenvalue weighted by Crippen LogP contribution is -2.41. The minimum absolute atomic E-state index is 0.350. The summed E-state index contributed by atoms with van der Waals surface area (Å²) in [6.07, 6.45) is 5.88. The Morgan fingerprint density at radius 2 is 1.62 bits per heavy atom. The molecule has 0 unspecified atom stereocenters. The molecule has 1 fully saturated rings. The highest BCUT2D eigenvalue weighted by molar-refractivity contribution is 6.62. The Morgan fingerprint density at radius 1 is 1.00 bits per heavy atom. The second-order valence-corrected chi connectivity index (χ2v) is 7.53. The lowest BCUT2D eigenvalue weighted by Gasteiger charge is -2.32. The van der Waals surface area contributed by atoms with Gasteiger partial charge in [-0.3, -0.25) is 0 Å². The predicted octanol–water partition coefficient (Wildman–Crippen LogP) is 4.47. The maximum atomic E-state index is 14.4. The highest BCUT2D eigenvalue weighted by Crippen LogP contribution is 2.36. The first-order chi connectivity index (χ1) is 11.3. The van der Waals surface area contributed by atoms with E-state index in [2.05, 4.69) is 6.92 Å². The maximum absolute atomic E-state index is 14.4. The van der Waals surface area contributed by atoms with Gasteiger partial charge < -0.3 is 14.0 Å². The summed E-state index contributed by atoms with van der Waals surface area (Å²) < 4.78 is 31.9. The molecule has 1 heterocycles. The van der Waals surface area contributed by atoms with Gasteiger partial charge in [0, 0.05) is 11.5 Å². The normalized spacial score (nSPS) is 18.8. The van der Waals surface area contributed by atoms with Crippen molar-refractivity contribution >= 4 is 12.6 Å². The van der Waals surface area contributed by atoms with Crippen molar-refractivity contribution in [3.63, 3.8) is 0 Å². The third-order valence-electron chi connectivity index (χ3n) is 5.00. The Kier molecular flexibility index (Phi) is 6.32. The van der Waals surface area contributed by atoms with Gasteiger partial charge in [-0.1, -0.05) is 38.7 Å². The number of rotatable bonds is 8. The Morgan fingerprint density at radius 3 is 2.21 bits per heavy atom. The number of hydrogen-bond donors (Lipinski definition) is 0. The van der Waals surface area contributed by atoms with E-state index in [9.17, 15) is 4.39 Å². The zero-order chi connectivity index (χ0) is 17.8. The van der Waals surface area contributed by atoms with Crippen LogP contribution in [0.15, 0.2) is 18.2 Å². The van der Waals surface area contributed by atoms with Gasteiger partial charge in [0.05, 0.1) is 17.8 Å². The van der Waals surface area contributed by atoms with Crippen molar-refractivity contribution in [2.24, 2.45) is 0 Å². The summed E-state index contributed by atoms with van der Waals surface area (Å²) in [6.45, 7) is 10.7. The first kappa shape index (κ1) is 19.3. The lowest BCUT2D eigenvalue weighted by molar-refractivity contribution is 0.00578. The van der Waals surface area contributed by atoms with Crippen molar-refractivity contribution in [2.45, 2.75) is 77.9 Å². The van der Waals surface area contributed by atoms with E-state index in [1.54, 1.807) is 12.1 Å². The van der Waals surface area contributed by atoms with Crippen LogP contribution >= 0.6 is 0 Å². The number of unbranched alkanes of at least 4 members (excludes halogenated alkanes) is 4. The lowest BCUT2D eigenvalue weighted by atomic mass is 9.78. The number of benzene rings is 1. The fourth-order valence-electron chi connectivity index (χ4n) is 2.65. The van der Waals surface area contributed by atoms with Gasteiger partial charge in [0.25, 0.3) is 0 Å². The average Bonchev–Trinajstić information content (AvgIpc) is 2.71. The highest BCUT2D eigenvalue weighted by Gasteiger charge is 2.52. The molecule has 1 aromatic carbocycles. The average molecular weight is 336 g/mol. The zero-order valence-electron chi connectivity index (χ0n) is 15.7. The summed E-state index contributed by atoms with van der Waals surface area (Å²) >= 11 is 0. The van der Waals surface area contributed by atoms with Gasteiger partial charge in [0.1, 0.15) is 11.6 Å². The molecule has 0 aromatic heterocycles. The summed E-state index contributed by atoms with van der Waals surface area (Å²) in [4.78, 5) is 0. The molecule has 2 rings (SSSR count). The van der Waals surface area contributed by atoms with E-state index < -0.39 is 18.3 Å². The molecule has 0 N–H and O–H groups in total. The van der Waals surface area contributed by atoms with Gasteiger partial charge in [-0.15, -0.1) is 0 Å². The van der Waals surface area contributed by atoms with E-state index in [-0.39, 0.29) is 5.82 Å². The van der Waals surface area contributed by atoms with Crippen LogP contribution in [0.25, 0.3) is 0 Å². The second kappa shape index (κ2) is 7.88. The van der Waals surface area contributed by atoms with Gasteiger partial charge in [-0.25, -0.2) is 4.39 Å². The third kappa shape index (κ3) is 4.51. The van der Waals surface area contributed by atoms with Gasteiger partial charge in [0.15, 0.2) is 0 Å². The van der Waals surface area contributed by atoms with Crippen LogP contribution in [0.1, 0.15) is 66.7 Å². The van der Waals surface area contributed by atoms with Crippen molar-refractivity contribution in [3.8, 4) is 5.75 Å². The number of halogens is 1. The summed E-state index contributed by atoms with van der Waals surface area (Å²) in [5.74, 6) is 0.209. The molecular weight excluding hydrogens is 306 g/mol. The maximum Gasteiger partial charge on any atom is 0.497 e. The summed E-state index contributed by atoms with van der Waals surface area (Å²) in [5, 5.41) is 0. The molecule has 3 nitrogen and oxygen atoms in total. The van der Waals surface area contributed by atoms with Crippen molar-refractivity contribution in [1.29, 1.82) is 0 Å². The van der Waals surface area contributed by atoms with E-state index in [0.29, 0.717) is 17.8 Å². The summed E-state index contributed by atoms with van der Waals surface area (Å²) in [6, 6.07) is 4.91. The Hall–Kier alpha value is -1.07. The van der Waals surface area contributed by atoms with Crippen molar-refractivity contribution in [3.05, 3.63) is 24.0 Å². The molecule has 0 aliphatic carbocycles. The molecule has 0 saturated carbocycles. The van der Waals surface area contributed by atoms with Crippen LogP contribution in [0.3, 0.4) is 0 Å². The molecular formula is C19H30BFO3. The Bertz CT molecular complexity index is 529. The molecule has 24 heavy (non-hydrogen) atoms. The minimum Gasteiger partial charge on any atom is -0.493 e. The number of ether oxygens (including phenoxy) is 1. The van der Waals surface area contributed by atoms with Crippen LogP contribution in [-0.4, -0.2) is 24.9 Å². The van der Waals surface area contributed by atoms with E-state index in [1.807, 2.05) is 27.7 Å². The van der Waals surface area contributed by atoms with Crippen LogP contribution in [0.2, 0.25) is 0 Å². The first-order valence-corrected chi connectivity index (χ1v) is 9.05. The van der Waals surface area contributed by atoms with Gasteiger partial charge >= 0.3 is 7.12 Å². The standard InChI is InChI=1S/C19H30BFO3/c1-6-7-8-9-10-13-22-15-11-12-16(17(21)14-15)20-23-18(2,3)19(4,5)24-20/h11-12,14H,6-10,13H2,1-5H3. The molecule has 5 heteroatoms. The topological polar surface area (TPSA) is 27.7 Å². The quantitative estimate of drug-likeness (QED) is 0.518. The smallest absolute Gasteiger partial charge is 0.493 e. The molecule has 1 aromatic rings. The summed E-state index contributed by atoms with van der Waals surface area (Å²) in [7, 11) is -0.682. The monoisotopic (exact) mass is 336 g/mol. The largest absolute Gasteiger partial charge is 0.497 e. The fourth-order valence-corrected chi connectivity index (χ4v) is 2.65. The molecule has 1 aliphatic heterocycles. The second-order valence-electron chi connectivity index (χ2n) is 7.53. The zero-order valence-corrected chi connectivity index (χ0v) is 15.7. The Balaban J connectivity index is 1.91. The fraction of sp³-hybridized carbons (Fsp3) is 0.684. The molecule has 1 aliphatic rings. The van der Waals surface area contributed by atoms with Gasteiger partial charge in [0.2, 0.25) is 0 Å². The molecule has 0 bridgehead atoms. The highest BCUT2D eigenvalue weighted by atomic mass is 19.1. The van der Waals surface area contributed by atoms with Crippen LogP contribution in [0.4, 0.5) is 4.39 Å². The molecule has 0 radical (unpaired) electrons. The van der Waals surface area contributed by atoms with E-state index in [4.69, 9.17) is 14.0 Å². The molecule has 0 amide bonds. The molecule has 0 atom stereocenters. The predicted molar refractivity (Wildman–Crippen MR) is 96.4 cm³/mol. The Labute approximate surface area is 146 Å². The van der Waals surface area contributed by atoms with E-state index in [0.717, 1.165) is 12.8 Å². The van der Waals surface area contributed by atoms with Crippen LogP contribution in [-0.2, 0) is 9.31 Å². The van der Waals surface area contributed by atoms with Crippen molar-refractivity contribution in [1.82, 2.24) is 0 Å². The van der Waals surface area contributed by atoms with Crippen molar-refractivity contribution in [2.75, 3.05) is 6.61 Å². The van der Waals surface area contributed by atoms with Gasteiger partial charge in [-0.2, -0.15) is 0 Å². The SMILES string of the molecule is CCCCCCCOc1ccc(B2OC(C)(C)C(C)(C)O2)c(F)c1. The van der Waals surface area contributed by atoms with E-state index >= 15 is 0 Å². The molecule has 0 spiro atoms. The third-order valence-corrected chi connectivity index (χ3v) is 5.00. The van der Waals surface area contributed by atoms with Gasteiger partial charge in [-0.05, 0) is 40.2 Å².